The summed E-state index contributed by atoms with van der Waals surface area (Å²) in [6.45, 7) is 3.51. The van der Waals surface area contributed by atoms with Gasteiger partial charge in [0.05, 0.1) is 16.1 Å². The Morgan fingerprint density at radius 2 is 1.80 bits per heavy atom. The second-order valence-corrected chi connectivity index (χ2v) is 7.22. The van der Waals surface area contributed by atoms with E-state index < -0.39 is 27.6 Å². The van der Waals surface area contributed by atoms with Crippen molar-refractivity contribution in [1.82, 2.24) is 4.72 Å². The molecule has 8 heteroatoms. The Kier molecular flexibility index (Phi) is 5.86. The quantitative estimate of drug-likeness (QED) is 0.822. The Balaban J connectivity index is 2.23. The summed E-state index contributed by atoms with van der Waals surface area (Å²) in [4.78, 5) is 11.7. The standard InChI is InChI=1S/C17H18F2N2O3S/c1-3-11(2)21-25(23,24)12-8-9-16(15(19)10-12)20-17(22)13-6-4-5-7-14(13)18/h4-11,21H,3H2,1-2H3,(H,20,22)/t11-/m0/s1. The van der Waals surface area contributed by atoms with Crippen molar-refractivity contribution in [2.75, 3.05) is 5.32 Å². The molecular formula is C17H18F2N2O3S. The molecular weight excluding hydrogens is 350 g/mol. The zero-order valence-electron chi connectivity index (χ0n) is 13.7. The van der Waals surface area contributed by atoms with Gasteiger partial charge in [-0.2, -0.15) is 0 Å². The fourth-order valence-corrected chi connectivity index (χ4v) is 3.35. The molecule has 0 saturated carbocycles. The molecule has 2 aromatic rings. The van der Waals surface area contributed by atoms with E-state index in [1.54, 1.807) is 6.92 Å². The lowest BCUT2D eigenvalue weighted by molar-refractivity contribution is 0.102. The third kappa shape index (κ3) is 4.61. The van der Waals surface area contributed by atoms with E-state index in [2.05, 4.69) is 10.0 Å². The lowest BCUT2D eigenvalue weighted by Gasteiger charge is -2.13. The minimum atomic E-state index is -3.86. The highest BCUT2D eigenvalue weighted by atomic mass is 32.2. The van der Waals surface area contributed by atoms with Crippen molar-refractivity contribution >= 4 is 21.6 Å². The first-order chi connectivity index (χ1) is 11.7. The lowest BCUT2D eigenvalue weighted by atomic mass is 10.2. The number of nitrogens with one attached hydrogen (secondary N) is 2. The Bertz CT molecular complexity index is 885. The first-order valence-corrected chi connectivity index (χ1v) is 9.10. The molecule has 0 aromatic heterocycles. The molecule has 0 unspecified atom stereocenters. The lowest BCUT2D eigenvalue weighted by Crippen LogP contribution is -2.32. The summed E-state index contributed by atoms with van der Waals surface area (Å²) in [5, 5.41) is 2.23. The van der Waals surface area contributed by atoms with Gasteiger partial charge in [0, 0.05) is 6.04 Å². The van der Waals surface area contributed by atoms with Gasteiger partial charge < -0.3 is 5.32 Å². The molecule has 0 saturated heterocycles. The molecule has 0 aliphatic rings. The van der Waals surface area contributed by atoms with E-state index in [0.717, 1.165) is 18.2 Å². The molecule has 0 radical (unpaired) electrons. The zero-order valence-corrected chi connectivity index (χ0v) is 14.5. The number of hydrogen-bond donors (Lipinski definition) is 2. The molecule has 0 aliphatic carbocycles. The first kappa shape index (κ1) is 19.0. The highest BCUT2D eigenvalue weighted by Crippen LogP contribution is 2.20. The van der Waals surface area contributed by atoms with Crippen LogP contribution >= 0.6 is 0 Å². The Hall–Kier alpha value is -2.32. The van der Waals surface area contributed by atoms with Crippen LogP contribution in [-0.2, 0) is 10.0 Å². The van der Waals surface area contributed by atoms with Crippen LogP contribution in [0.2, 0.25) is 0 Å². The molecule has 2 rings (SSSR count). The van der Waals surface area contributed by atoms with Crippen molar-refractivity contribution in [1.29, 1.82) is 0 Å². The Labute approximate surface area is 145 Å². The predicted octanol–water partition coefficient (Wildman–Crippen LogP) is 3.29. The molecule has 0 bridgehead atoms. The number of hydrogen-bond acceptors (Lipinski definition) is 3. The molecule has 0 aliphatic heterocycles. The monoisotopic (exact) mass is 368 g/mol. The van der Waals surface area contributed by atoms with E-state index in [9.17, 15) is 22.0 Å². The number of anilines is 1. The fraction of sp³-hybridized carbons (Fsp3) is 0.235. The minimum absolute atomic E-state index is 0.239. The van der Waals surface area contributed by atoms with Crippen LogP contribution in [0.4, 0.5) is 14.5 Å². The van der Waals surface area contributed by atoms with Gasteiger partial charge in [0.25, 0.3) is 5.91 Å². The number of halogens is 2. The number of carbonyl (C=O) groups excluding carboxylic acids is 1. The predicted molar refractivity (Wildman–Crippen MR) is 90.8 cm³/mol. The molecule has 0 spiro atoms. The van der Waals surface area contributed by atoms with E-state index in [1.165, 1.54) is 24.3 Å². The summed E-state index contributed by atoms with van der Waals surface area (Å²) >= 11 is 0. The van der Waals surface area contributed by atoms with Gasteiger partial charge in [0.15, 0.2) is 0 Å². The van der Waals surface area contributed by atoms with E-state index in [-0.39, 0.29) is 22.2 Å². The van der Waals surface area contributed by atoms with Crippen LogP contribution in [0.5, 0.6) is 0 Å². The molecule has 134 valence electrons. The van der Waals surface area contributed by atoms with Gasteiger partial charge in [0.1, 0.15) is 11.6 Å². The molecule has 1 atom stereocenters. The molecule has 25 heavy (non-hydrogen) atoms. The third-order valence-electron chi connectivity index (χ3n) is 3.59. The maximum Gasteiger partial charge on any atom is 0.258 e. The van der Waals surface area contributed by atoms with Gasteiger partial charge in [-0.1, -0.05) is 19.1 Å². The normalized spacial score (nSPS) is 12.6. The van der Waals surface area contributed by atoms with Crippen LogP contribution in [-0.4, -0.2) is 20.4 Å². The maximum atomic E-state index is 14.2. The largest absolute Gasteiger partial charge is 0.319 e. The van der Waals surface area contributed by atoms with E-state index in [4.69, 9.17) is 0 Å². The van der Waals surface area contributed by atoms with Gasteiger partial charge >= 0.3 is 0 Å². The number of carbonyl (C=O) groups is 1. The van der Waals surface area contributed by atoms with Gasteiger partial charge in [-0.3, -0.25) is 4.79 Å². The van der Waals surface area contributed by atoms with E-state index in [1.807, 2.05) is 6.92 Å². The fourth-order valence-electron chi connectivity index (χ4n) is 2.02. The maximum absolute atomic E-state index is 14.2. The molecule has 1 amide bonds. The van der Waals surface area contributed by atoms with Gasteiger partial charge in [0.2, 0.25) is 10.0 Å². The van der Waals surface area contributed by atoms with Crippen molar-refractivity contribution in [2.45, 2.75) is 31.2 Å². The molecule has 5 nitrogen and oxygen atoms in total. The van der Waals surface area contributed by atoms with Crippen LogP contribution in [0.1, 0.15) is 30.6 Å². The van der Waals surface area contributed by atoms with E-state index >= 15 is 0 Å². The average molecular weight is 368 g/mol. The van der Waals surface area contributed by atoms with Gasteiger partial charge in [-0.05, 0) is 43.7 Å². The molecule has 2 N–H and O–H groups in total. The minimum Gasteiger partial charge on any atom is -0.319 e. The van der Waals surface area contributed by atoms with Crippen LogP contribution < -0.4 is 10.0 Å². The van der Waals surface area contributed by atoms with Crippen LogP contribution in [0.25, 0.3) is 0 Å². The molecule has 2 aromatic carbocycles. The van der Waals surface area contributed by atoms with Crippen LogP contribution in [0.15, 0.2) is 47.4 Å². The van der Waals surface area contributed by atoms with E-state index in [0.29, 0.717) is 6.42 Å². The summed E-state index contributed by atoms with van der Waals surface area (Å²) in [5.74, 6) is -2.50. The highest BCUT2D eigenvalue weighted by Gasteiger charge is 2.19. The Morgan fingerprint density at radius 3 is 2.40 bits per heavy atom. The zero-order chi connectivity index (χ0) is 18.6. The average Bonchev–Trinajstić information content (AvgIpc) is 2.56. The summed E-state index contributed by atoms with van der Waals surface area (Å²) in [6, 6.07) is 8.08. The van der Waals surface area contributed by atoms with Crippen molar-refractivity contribution in [2.24, 2.45) is 0 Å². The van der Waals surface area contributed by atoms with Crippen molar-refractivity contribution in [3.05, 3.63) is 59.7 Å². The van der Waals surface area contributed by atoms with Crippen molar-refractivity contribution < 1.29 is 22.0 Å². The summed E-state index contributed by atoms with van der Waals surface area (Å²) in [7, 11) is -3.86. The summed E-state index contributed by atoms with van der Waals surface area (Å²) in [6.07, 6.45) is 0.582. The second kappa shape index (κ2) is 7.71. The highest BCUT2D eigenvalue weighted by molar-refractivity contribution is 7.89. The smallest absolute Gasteiger partial charge is 0.258 e. The van der Waals surface area contributed by atoms with Gasteiger partial charge in [-0.15, -0.1) is 0 Å². The van der Waals surface area contributed by atoms with Crippen LogP contribution in [0.3, 0.4) is 0 Å². The van der Waals surface area contributed by atoms with Gasteiger partial charge in [-0.25, -0.2) is 21.9 Å². The first-order valence-electron chi connectivity index (χ1n) is 7.62. The molecule has 0 heterocycles. The Morgan fingerprint density at radius 1 is 1.12 bits per heavy atom. The SMILES string of the molecule is CC[C@H](C)NS(=O)(=O)c1ccc(NC(=O)c2ccccc2F)c(F)c1. The number of rotatable bonds is 6. The van der Waals surface area contributed by atoms with Crippen molar-refractivity contribution in [3.63, 3.8) is 0 Å². The summed E-state index contributed by atoms with van der Waals surface area (Å²) < 4.78 is 54.4. The van der Waals surface area contributed by atoms with Crippen LogP contribution in [0, 0.1) is 11.6 Å². The number of sulfonamides is 1. The number of benzene rings is 2. The molecule has 0 fully saturated rings. The topological polar surface area (TPSA) is 75.3 Å². The number of amides is 1. The van der Waals surface area contributed by atoms with Crippen molar-refractivity contribution in [3.8, 4) is 0 Å². The second-order valence-electron chi connectivity index (χ2n) is 5.51. The third-order valence-corrected chi connectivity index (χ3v) is 5.17. The summed E-state index contributed by atoms with van der Waals surface area (Å²) in [5.41, 5.74) is -0.479.